The molecule has 1 aliphatic carbocycles. The molecule has 0 aromatic carbocycles. The zero-order valence-corrected chi connectivity index (χ0v) is 14.1. The van der Waals surface area contributed by atoms with Crippen LogP contribution in [0.2, 0.25) is 0 Å². The van der Waals surface area contributed by atoms with E-state index in [2.05, 4.69) is 4.90 Å². The molecule has 0 aromatic heterocycles. The lowest BCUT2D eigenvalue weighted by Crippen LogP contribution is -2.45. The molecule has 2 aliphatic rings. The Morgan fingerprint density at radius 1 is 0.524 bits per heavy atom. The van der Waals surface area contributed by atoms with E-state index in [0.717, 1.165) is 6.42 Å². The first kappa shape index (κ1) is 17.3. The molecular weight excluding hydrogens is 258 g/mol. The summed E-state index contributed by atoms with van der Waals surface area (Å²) in [6.45, 7) is 2.45. The van der Waals surface area contributed by atoms with Crippen molar-refractivity contribution in [3.63, 3.8) is 0 Å². The van der Waals surface area contributed by atoms with Gasteiger partial charge in [0, 0.05) is 6.04 Å². The molecule has 124 valence electrons. The fraction of sp³-hybridized carbons (Fsp3) is 1.00. The van der Waals surface area contributed by atoms with Crippen molar-refractivity contribution in [3.05, 3.63) is 0 Å². The third kappa shape index (κ3) is 6.69. The van der Waals surface area contributed by atoms with Gasteiger partial charge in [0.25, 0.3) is 0 Å². The maximum Gasteiger partial charge on any atom is 0.0695 e. The average Bonchev–Trinajstić information content (AvgIpc) is 2.44. The molecule has 0 spiro atoms. The third-order valence-electron chi connectivity index (χ3n) is 5.55. The van der Waals surface area contributed by atoms with E-state index >= 15 is 0 Å². The van der Waals surface area contributed by atoms with Crippen LogP contribution in [0.3, 0.4) is 0 Å². The van der Waals surface area contributed by atoms with E-state index < -0.39 is 0 Å². The Balaban J connectivity index is 1.89. The van der Waals surface area contributed by atoms with Gasteiger partial charge in [-0.1, -0.05) is 70.6 Å². The molecule has 0 radical (unpaired) electrons. The molecule has 2 unspecified atom stereocenters. The van der Waals surface area contributed by atoms with Gasteiger partial charge < -0.3 is 5.11 Å². The van der Waals surface area contributed by atoms with Crippen molar-refractivity contribution >= 4 is 0 Å². The number of nitrogens with zero attached hydrogens (tertiary/aromatic N) is 1. The van der Waals surface area contributed by atoms with Crippen molar-refractivity contribution < 1.29 is 5.11 Å². The molecule has 2 heteroatoms. The Labute approximate surface area is 132 Å². The highest BCUT2D eigenvalue weighted by Crippen LogP contribution is 2.23. The molecular formula is C19H37NO. The predicted molar refractivity (Wildman–Crippen MR) is 90.6 cm³/mol. The van der Waals surface area contributed by atoms with Gasteiger partial charge in [-0.25, -0.2) is 0 Å². The summed E-state index contributed by atoms with van der Waals surface area (Å²) in [7, 11) is 0. The number of hydrogen-bond acceptors (Lipinski definition) is 2. The Morgan fingerprint density at radius 2 is 0.952 bits per heavy atom. The van der Waals surface area contributed by atoms with Gasteiger partial charge in [0.2, 0.25) is 0 Å². The third-order valence-corrected chi connectivity index (χ3v) is 5.55. The predicted octanol–water partition coefficient (Wildman–Crippen LogP) is 4.90. The van der Waals surface area contributed by atoms with Crippen molar-refractivity contribution in [2.75, 3.05) is 13.1 Å². The summed E-state index contributed by atoms with van der Waals surface area (Å²) in [5.41, 5.74) is 0. The van der Waals surface area contributed by atoms with Crippen LogP contribution in [0.5, 0.6) is 0 Å². The number of aliphatic hydroxyl groups is 1. The van der Waals surface area contributed by atoms with E-state index in [4.69, 9.17) is 0 Å². The Hall–Kier alpha value is -0.0800. The van der Waals surface area contributed by atoms with Crippen molar-refractivity contribution in [1.29, 1.82) is 0 Å². The second-order valence-corrected chi connectivity index (χ2v) is 7.34. The average molecular weight is 296 g/mol. The zero-order valence-electron chi connectivity index (χ0n) is 14.1. The van der Waals surface area contributed by atoms with Crippen molar-refractivity contribution in [3.8, 4) is 0 Å². The summed E-state index contributed by atoms with van der Waals surface area (Å²) in [4.78, 5) is 2.65. The van der Waals surface area contributed by atoms with Gasteiger partial charge in [0.05, 0.1) is 6.10 Å². The van der Waals surface area contributed by atoms with Crippen LogP contribution < -0.4 is 0 Å². The van der Waals surface area contributed by atoms with Crippen LogP contribution in [0.15, 0.2) is 0 Å². The smallest absolute Gasteiger partial charge is 0.0695 e. The molecule has 1 N–H and O–H groups in total. The van der Waals surface area contributed by atoms with Gasteiger partial charge in [0.1, 0.15) is 0 Å². The summed E-state index contributed by atoms with van der Waals surface area (Å²) in [6.07, 6.45) is 19.9. The second kappa shape index (κ2) is 10.6. The lowest BCUT2D eigenvalue weighted by Gasteiger charge is -2.36. The molecule has 21 heavy (non-hydrogen) atoms. The first-order valence-electron chi connectivity index (χ1n) is 9.80. The maximum atomic E-state index is 10.7. The molecule has 0 aromatic rings. The number of aliphatic hydroxyl groups excluding tert-OH is 1. The number of hydrogen-bond donors (Lipinski definition) is 1. The van der Waals surface area contributed by atoms with Gasteiger partial charge in [-0.15, -0.1) is 0 Å². The highest BCUT2D eigenvalue weighted by molar-refractivity contribution is 4.80. The fourth-order valence-corrected chi connectivity index (χ4v) is 4.18. The number of rotatable bonds is 1. The van der Waals surface area contributed by atoms with Gasteiger partial charge >= 0.3 is 0 Å². The van der Waals surface area contributed by atoms with E-state index in [9.17, 15) is 5.11 Å². The summed E-state index contributed by atoms with van der Waals surface area (Å²) in [6, 6.07) is 0.447. The normalized spacial score (nSPS) is 32.4. The first-order valence-corrected chi connectivity index (χ1v) is 9.80. The topological polar surface area (TPSA) is 23.5 Å². The van der Waals surface area contributed by atoms with E-state index in [1.807, 2.05) is 0 Å². The highest BCUT2D eigenvalue weighted by atomic mass is 16.3. The van der Waals surface area contributed by atoms with E-state index in [1.165, 1.54) is 103 Å². The Bertz CT molecular complexity index is 248. The largest absolute Gasteiger partial charge is 0.391 e. The Morgan fingerprint density at radius 3 is 1.52 bits per heavy atom. The summed E-state index contributed by atoms with van der Waals surface area (Å²) in [5.74, 6) is 0. The quantitative estimate of drug-likeness (QED) is 0.744. The standard InChI is InChI=1S/C19H37NO/c21-19-15-11-7-4-2-1-3-6-10-14-18(19)20-16-12-8-5-9-13-17-20/h18-19,21H,1-17H2. The fourth-order valence-electron chi connectivity index (χ4n) is 4.18. The molecule has 1 saturated heterocycles. The van der Waals surface area contributed by atoms with Crippen LogP contribution in [0.1, 0.15) is 96.3 Å². The molecule has 2 nitrogen and oxygen atoms in total. The molecule has 2 atom stereocenters. The molecule has 1 saturated carbocycles. The number of likely N-dealkylation sites (tertiary alicyclic amines) is 1. The molecule has 2 fully saturated rings. The molecule has 1 aliphatic heterocycles. The van der Waals surface area contributed by atoms with Crippen LogP contribution in [-0.2, 0) is 0 Å². The van der Waals surface area contributed by atoms with E-state index in [0.29, 0.717) is 6.04 Å². The summed E-state index contributed by atoms with van der Waals surface area (Å²) in [5, 5.41) is 10.7. The van der Waals surface area contributed by atoms with Crippen molar-refractivity contribution in [1.82, 2.24) is 4.90 Å². The van der Waals surface area contributed by atoms with Crippen molar-refractivity contribution in [2.24, 2.45) is 0 Å². The van der Waals surface area contributed by atoms with Gasteiger partial charge in [-0.3, -0.25) is 4.90 Å². The minimum absolute atomic E-state index is 0.0798. The minimum Gasteiger partial charge on any atom is -0.391 e. The van der Waals surface area contributed by atoms with Crippen LogP contribution in [0.25, 0.3) is 0 Å². The summed E-state index contributed by atoms with van der Waals surface area (Å²) < 4.78 is 0. The lowest BCUT2D eigenvalue weighted by molar-refractivity contribution is 0.0311. The zero-order chi connectivity index (χ0) is 14.8. The van der Waals surface area contributed by atoms with Crippen LogP contribution in [0.4, 0.5) is 0 Å². The van der Waals surface area contributed by atoms with E-state index in [1.54, 1.807) is 0 Å². The SMILES string of the molecule is OC1CCCCCCCCCCC1N1CCCCCCC1. The highest BCUT2D eigenvalue weighted by Gasteiger charge is 2.25. The molecule has 1 heterocycles. The monoisotopic (exact) mass is 295 g/mol. The molecule has 0 amide bonds. The van der Waals surface area contributed by atoms with E-state index in [-0.39, 0.29) is 6.10 Å². The molecule has 0 bridgehead atoms. The maximum absolute atomic E-state index is 10.7. The first-order chi connectivity index (χ1) is 10.4. The van der Waals surface area contributed by atoms with Crippen molar-refractivity contribution in [2.45, 2.75) is 108 Å². The van der Waals surface area contributed by atoms with Crippen LogP contribution in [0, 0.1) is 0 Å². The van der Waals surface area contributed by atoms with Crippen LogP contribution >= 0.6 is 0 Å². The lowest BCUT2D eigenvalue weighted by atomic mass is 9.93. The van der Waals surface area contributed by atoms with Crippen LogP contribution in [-0.4, -0.2) is 35.2 Å². The summed E-state index contributed by atoms with van der Waals surface area (Å²) >= 11 is 0. The Kier molecular flexibility index (Phi) is 8.73. The van der Waals surface area contributed by atoms with Gasteiger partial charge in [-0.2, -0.15) is 0 Å². The molecule has 2 rings (SSSR count). The van der Waals surface area contributed by atoms with Gasteiger partial charge in [-0.05, 0) is 38.8 Å². The van der Waals surface area contributed by atoms with Gasteiger partial charge in [0.15, 0.2) is 0 Å². The second-order valence-electron chi connectivity index (χ2n) is 7.34. The minimum atomic E-state index is -0.0798.